The molecule has 1 aliphatic heterocycles. The SMILES string of the molecule is CC(C)(C)OC(=O)NCN1CCC(c2ccc(NC(=O)C(=O)NN)cc2)CC1. The van der Waals surface area contributed by atoms with Crippen LogP contribution >= 0.6 is 0 Å². The molecular formula is C19H29N5O4. The normalized spacial score (nSPS) is 15.6. The van der Waals surface area contributed by atoms with Crippen molar-refractivity contribution < 1.29 is 19.1 Å². The van der Waals surface area contributed by atoms with Crippen molar-refractivity contribution in [3.8, 4) is 0 Å². The summed E-state index contributed by atoms with van der Waals surface area (Å²) in [5, 5.41) is 5.27. The third-order valence-electron chi connectivity index (χ3n) is 4.41. The second kappa shape index (κ2) is 9.52. The quantitative estimate of drug-likeness (QED) is 0.265. The molecule has 3 amide bonds. The van der Waals surface area contributed by atoms with Gasteiger partial charge in [0.15, 0.2) is 0 Å². The molecule has 1 aromatic rings. The number of carbonyl (C=O) groups excluding carboxylic acids is 3. The number of nitrogens with zero attached hydrogens (tertiary/aromatic N) is 1. The van der Waals surface area contributed by atoms with Gasteiger partial charge in [-0.05, 0) is 57.2 Å². The molecule has 0 atom stereocenters. The van der Waals surface area contributed by atoms with Crippen LogP contribution in [0.2, 0.25) is 0 Å². The highest BCUT2D eigenvalue weighted by Crippen LogP contribution is 2.28. The fourth-order valence-electron chi connectivity index (χ4n) is 3.01. The summed E-state index contributed by atoms with van der Waals surface area (Å²) < 4.78 is 5.24. The van der Waals surface area contributed by atoms with E-state index >= 15 is 0 Å². The zero-order chi connectivity index (χ0) is 20.7. The van der Waals surface area contributed by atoms with Crippen molar-refractivity contribution in [3.63, 3.8) is 0 Å². The number of ether oxygens (including phenoxy) is 1. The summed E-state index contributed by atoms with van der Waals surface area (Å²) >= 11 is 0. The van der Waals surface area contributed by atoms with Crippen LogP contribution in [0.1, 0.15) is 45.1 Å². The third-order valence-corrected chi connectivity index (χ3v) is 4.41. The summed E-state index contributed by atoms with van der Waals surface area (Å²) in [7, 11) is 0. The first kappa shape index (κ1) is 21.6. The number of hydrogen-bond acceptors (Lipinski definition) is 6. The molecule has 1 aliphatic rings. The van der Waals surface area contributed by atoms with E-state index in [1.54, 1.807) is 17.6 Å². The Kier molecular flexibility index (Phi) is 7.36. The predicted molar refractivity (Wildman–Crippen MR) is 105 cm³/mol. The molecule has 0 saturated carbocycles. The predicted octanol–water partition coefficient (Wildman–Crippen LogP) is 1.28. The van der Waals surface area contributed by atoms with Crippen LogP contribution in [-0.4, -0.2) is 48.2 Å². The van der Waals surface area contributed by atoms with Crippen LogP contribution in [0.4, 0.5) is 10.5 Å². The fourth-order valence-corrected chi connectivity index (χ4v) is 3.01. The number of likely N-dealkylation sites (tertiary alicyclic amines) is 1. The Bertz CT molecular complexity index is 691. The Morgan fingerprint density at radius 1 is 1.11 bits per heavy atom. The molecule has 2 rings (SSSR count). The van der Waals surface area contributed by atoms with E-state index in [0.717, 1.165) is 25.9 Å². The van der Waals surface area contributed by atoms with E-state index in [1.165, 1.54) is 5.56 Å². The van der Waals surface area contributed by atoms with Crippen LogP contribution in [0.3, 0.4) is 0 Å². The lowest BCUT2D eigenvalue weighted by Crippen LogP contribution is -2.43. The number of amides is 3. The molecule has 0 bridgehead atoms. The van der Waals surface area contributed by atoms with Crippen molar-refractivity contribution in [1.82, 2.24) is 15.6 Å². The topological polar surface area (TPSA) is 126 Å². The summed E-state index contributed by atoms with van der Waals surface area (Å²) in [5.41, 5.74) is 3.01. The van der Waals surface area contributed by atoms with Crippen LogP contribution in [-0.2, 0) is 14.3 Å². The largest absolute Gasteiger partial charge is 0.444 e. The van der Waals surface area contributed by atoms with Crippen molar-refractivity contribution in [2.45, 2.75) is 45.1 Å². The first-order chi connectivity index (χ1) is 13.2. The Morgan fingerprint density at radius 2 is 1.71 bits per heavy atom. The molecule has 1 fully saturated rings. The van der Waals surface area contributed by atoms with Gasteiger partial charge in [0.25, 0.3) is 0 Å². The number of piperidine rings is 1. The van der Waals surface area contributed by atoms with Gasteiger partial charge in [-0.2, -0.15) is 0 Å². The second-order valence-corrected chi connectivity index (χ2v) is 7.78. The average molecular weight is 391 g/mol. The van der Waals surface area contributed by atoms with Crippen LogP contribution in [0.5, 0.6) is 0 Å². The maximum atomic E-state index is 11.7. The van der Waals surface area contributed by atoms with Crippen LogP contribution in [0.15, 0.2) is 24.3 Å². The van der Waals surface area contributed by atoms with Crippen LogP contribution in [0, 0.1) is 0 Å². The average Bonchev–Trinajstić information content (AvgIpc) is 2.65. The minimum Gasteiger partial charge on any atom is -0.444 e. The van der Waals surface area contributed by atoms with Gasteiger partial charge in [-0.25, -0.2) is 10.6 Å². The zero-order valence-corrected chi connectivity index (χ0v) is 16.6. The summed E-state index contributed by atoms with van der Waals surface area (Å²) in [6, 6.07) is 7.45. The minimum atomic E-state index is -0.892. The number of carbonyl (C=O) groups is 3. The molecular weight excluding hydrogens is 362 g/mol. The lowest BCUT2D eigenvalue weighted by molar-refractivity contribution is -0.136. The lowest BCUT2D eigenvalue weighted by Gasteiger charge is -2.32. The van der Waals surface area contributed by atoms with Gasteiger partial charge in [0.1, 0.15) is 5.60 Å². The Labute approximate surface area is 164 Å². The van der Waals surface area contributed by atoms with Crippen molar-refractivity contribution in [2.24, 2.45) is 5.84 Å². The number of nitrogens with one attached hydrogen (secondary N) is 3. The molecule has 0 aliphatic carbocycles. The van der Waals surface area contributed by atoms with Gasteiger partial charge in [-0.1, -0.05) is 12.1 Å². The van der Waals surface area contributed by atoms with E-state index in [2.05, 4.69) is 15.5 Å². The van der Waals surface area contributed by atoms with Gasteiger partial charge in [0.05, 0.1) is 6.67 Å². The molecule has 9 heteroatoms. The van der Waals surface area contributed by atoms with Crippen LogP contribution in [0.25, 0.3) is 0 Å². The van der Waals surface area contributed by atoms with Crippen molar-refractivity contribution >= 4 is 23.6 Å². The summed E-state index contributed by atoms with van der Waals surface area (Å²) in [6.07, 6.45) is 1.53. The first-order valence-corrected chi connectivity index (χ1v) is 9.29. The van der Waals surface area contributed by atoms with Crippen molar-refractivity contribution in [3.05, 3.63) is 29.8 Å². The first-order valence-electron chi connectivity index (χ1n) is 9.29. The number of alkyl carbamates (subject to hydrolysis) is 1. The van der Waals surface area contributed by atoms with Gasteiger partial charge in [-0.3, -0.25) is 19.9 Å². The molecule has 0 aromatic heterocycles. The highest BCUT2D eigenvalue weighted by atomic mass is 16.6. The van der Waals surface area contributed by atoms with Gasteiger partial charge < -0.3 is 15.4 Å². The second-order valence-electron chi connectivity index (χ2n) is 7.78. The Hall–Kier alpha value is -2.65. The number of anilines is 1. The van der Waals surface area contributed by atoms with E-state index in [4.69, 9.17) is 10.6 Å². The number of rotatable bonds is 4. The summed E-state index contributed by atoms with van der Waals surface area (Å²) in [5.74, 6) is 3.65. The van der Waals surface area contributed by atoms with E-state index in [9.17, 15) is 14.4 Å². The third kappa shape index (κ3) is 6.82. The number of hydrogen-bond donors (Lipinski definition) is 4. The summed E-state index contributed by atoms with van der Waals surface area (Å²) in [4.78, 5) is 36.6. The van der Waals surface area contributed by atoms with Crippen LogP contribution < -0.4 is 21.9 Å². The van der Waals surface area contributed by atoms with Crippen molar-refractivity contribution in [1.29, 1.82) is 0 Å². The standard InChI is InChI=1S/C19H29N5O4/c1-19(2,3)28-18(27)21-12-24-10-8-14(9-11-24)13-4-6-15(7-5-13)22-16(25)17(26)23-20/h4-7,14H,8-12,20H2,1-3H3,(H,21,27)(H,22,25)(H,23,26). The van der Waals surface area contributed by atoms with E-state index < -0.39 is 23.5 Å². The van der Waals surface area contributed by atoms with Crippen molar-refractivity contribution in [2.75, 3.05) is 25.1 Å². The molecule has 28 heavy (non-hydrogen) atoms. The molecule has 9 nitrogen and oxygen atoms in total. The highest BCUT2D eigenvalue weighted by molar-refractivity contribution is 6.39. The van der Waals surface area contributed by atoms with E-state index in [0.29, 0.717) is 18.3 Å². The number of nitrogens with two attached hydrogens (primary N) is 1. The Morgan fingerprint density at radius 3 is 2.25 bits per heavy atom. The molecule has 1 saturated heterocycles. The van der Waals surface area contributed by atoms with Gasteiger partial charge >= 0.3 is 17.9 Å². The minimum absolute atomic E-state index is 0.407. The van der Waals surface area contributed by atoms with Gasteiger partial charge in [-0.15, -0.1) is 0 Å². The highest BCUT2D eigenvalue weighted by Gasteiger charge is 2.22. The maximum Gasteiger partial charge on any atom is 0.408 e. The van der Waals surface area contributed by atoms with E-state index in [1.807, 2.05) is 32.9 Å². The van der Waals surface area contributed by atoms with E-state index in [-0.39, 0.29) is 0 Å². The Balaban J connectivity index is 1.77. The van der Waals surface area contributed by atoms with Gasteiger partial charge in [0.2, 0.25) is 0 Å². The molecule has 5 N–H and O–H groups in total. The fraction of sp³-hybridized carbons (Fsp3) is 0.526. The lowest BCUT2D eigenvalue weighted by atomic mass is 9.89. The molecule has 0 unspecified atom stereocenters. The summed E-state index contributed by atoms with van der Waals surface area (Å²) in [6.45, 7) is 7.71. The molecule has 1 heterocycles. The van der Waals surface area contributed by atoms with Gasteiger partial charge in [0, 0.05) is 18.8 Å². The molecule has 0 spiro atoms. The number of hydrazine groups is 1. The smallest absolute Gasteiger partial charge is 0.408 e. The maximum absolute atomic E-state index is 11.7. The number of benzene rings is 1. The molecule has 0 radical (unpaired) electrons. The molecule has 154 valence electrons. The molecule has 1 aromatic carbocycles. The monoisotopic (exact) mass is 391 g/mol. The zero-order valence-electron chi connectivity index (χ0n) is 16.6.